The number of hydrogen-bond donors (Lipinski definition) is 1. The molecule has 1 N–H and O–H groups in total. The van der Waals surface area contributed by atoms with Crippen molar-refractivity contribution in [3.8, 4) is 11.5 Å². The number of aryl methyl sites for hydroxylation is 1. The summed E-state index contributed by atoms with van der Waals surface area (Å²) in [5.41, 5.74) is 4.67. The summed E-state index contributed by atoms with van der Waals surface area (Å²) in [5, 5.41) is 6.44. The first kappa shape index (κ1) is 14.7. The zero-order valence-electron chi connectivity index (χ0n) is 14.1. The Bertz CT molecular complexity index is 1100. The van der Waals surface area contributed by atoms with Crippen LogP contribution >= 0.6 is 0 Å². The zero-order valence-corrected chi connectivity index (χ0v) is 14.1. The Kier molecular flexibility index (Phi) is 3.45. The van der Waals surface area contributed by atoms with Gasteiger partial charge in [0.15, 0.2) is 11.3 Å². The summed E-state index contributed by atoms with van der Waals surface area (Å²) >= 11 is 0. The number of rotatable bonds is 2. The normalized spacial score (nSPS) is 12.4. The van der Waals surface area contributed by atoms with Crippen LogP contribution in [-0.2, 0) is 0 Å². The lowest BCUT2D eigenvalue weighted by molar-refractivity contribution is 0.612. The molecule has 0 unspecified atom stereocenters. The lowest BCUT2D eigenvalue weighted by Gasteiger charge is -2.12. The molecule has 0 aromatic heterocycles. The number of anilines is 1. The van der Waals surface area contributed by atoms with Crippen molar-refractivity contribution in [3.05, 3.63) is 53.4 Å². The highest BCUT2D eigenvalue weighted by Gasteiger charge is 2.14. The fourth-order valence-electron chi connectivity index (χ4n) is 3.15. The summed E-state index contributed by atoms with van der Waals surface area (Å²) in [6.07, 6.45) is 0. The van der Waals surface area contributed by atoms with Crippen molar-refractivity contribution in [1.82, 2.24) is 4.98 Å². The summed E-state index contributed by atoms with van der Waals surface area (Å²) in [6, 6.07) is 14.3. The number of fused-ring (bicyclic) bond motifs is 4. The molecule has 120 valence electrons. The summed E-state index contributed by atoms with van der Waals surface area (Å²) < 4.78 is 6.18. The lowest BCUT2D eigenvalue weighted by Crippen LogP contribution is -2.09. The molecule has 2 aromatic carbocycles. The van der Waals surface area contributed by atoms with Gasteiger partial charge in [-0.1, -0.05) is 24.3 Å². The summed E-state index contributed by atoms with van der Waals surface area (Å²) in [4.78, 5) is 9.40. The van der Waals surface area contributed by atoms with E-state index >= 15 is 0 Å². The number of nitrogens with one attached hydrogen (secondary N) is 1. The molecule has 1 heterocycles. The smallest absolute Gasteiger partial charge is 0.155 e. The van der Waals surface area contributed by atoms with Gasteiger partial charge in [0.2, 0.25) is 0 Å². The van der Waals surface area contributed by atoms with Crippen molar-refractivity contribution in [3.63, 3.8) is 0 Å². The van der Waals surface area contributed by atoms with Crippen LogP contribution in [0.15, 0.2) is 51.9 Å². The topological polar surface area (TPSA) is 50.4 Å². The van der Waals surface area contributed by atoms with E-state index in [2.05, 4.69) is 29.4 Å². The van der Waals surface area contributed by atoms with Gasteiger partial charge in [0.1, 0.15) is 11.2 Å². The van der Waals surface area contributed by atoms with Crippen molar-refractivity contribution in [1.29, 1.82) is 0 Å². The molecule has 2 aromatic rings. The predicted octanol–water partition coefficient (Wildman–Crippen LogP) is 4.36. The molecule has 0 saturated heterocycles. The molecule has 0 saturated carbocycles. The SMILES string of the molecule is CCN=c1cc2oc3cc(NC)c4ccccc4c3nc-2cc1C. The minimum atomic E-state index is 0.752. The first-order valence-corrected chi connectivity index (χ1v) is 8.16. The molecule has 2 aliphatic rings. The maximum atomic E-state index is 6.18. The van der Waals surface area contributed by atoms with E-state index in [9.17, 15) is 0 Å². The Morgan fingerprint density at radius 3 is 2.67 bits per heavy atom. The average Bonchev–Trinajstić information content (AvgIpc) is 2.60. The highest BCUT2D eigenvalue weighted by Crippen LogP contribution is 2.33. The van der Waals surface area contributed by atoms with Gasteiger partial charge in [-0.25, -0.2) is 4.98 Å². The van der Waals surface area contributed by atoms with Gasteiger partial charge in [-0.3, -0.25) is 4.99 Å². The van der Waals surface area contributed by atoms with E-state index in [0.717, 1.165) is 56.5 Å². The number of benzene rings is 3. The van der Waals surface area contributed by atoms with Gasteiger partial charge >= 0.3 is 0 Å². The second-order valence-electron chi connectivity index (χ2n) is 5.86. The quantitative estimate of drug-likeness (QED) is 0.441. The molecule has 0 amide bonds. The third-order valence-corrected chi connectivity index (χ3v) is 4.31. The molecule has 1 aliphatic heterocycles. The standard InChI is InChI=1S/C20H19N3O/c1-4-22-15-10-18-17(9-12(15)2)23-20-14-8-6-5-7-13(14)16(21-3)11-19(20)24-18/h5-11,21H,4H2,1-3H3. The van der Waals surface area contributed by atoms with Crippen LogP contribution in [0.2, 0.25) is 0 Å². The maximum absolute atomic E-state index is 6.18. The summed E-state index contributed by atoms with van der Waals surface area (Å²) in [7, 11) is 1.92. The molecular formula is C20H19N3O. The Labute approximate surface area is 140 Å². The Morgan fingerprint density at radius 1 is 1.12 bits per heavy atom. The molecule has 4 heteroatoms. The molecule has 4 rings (SSSR count). The van der Waals surface area contributed by atoms with Crippen LogP contribution in [0.4, 0.5) is 5.69 Å². The summed E-state index contributed by atoms with van der Waals surface area (Å²) in [5.74, 6) is 0.762. The second kappa shape index (κ2) is 5.64. The first-order chi connectivity index (χ1) is 11.7. The van der Waals surface area contributed by atoms with E-state index in [1.807, 2.05) is 44.3 Å². The van der Waals surface area contributed by atoms with Crippen LogP contribution in [0.3, 0.4) is 0 Å². The molecule has 0 spiro atoms. The van der Waals surface area contributed by atoms with Crippen LogP contribution in [-0.4, -0.2) is 18.6 Å². The van der Waals surface area contributed by atoms with E-state index in [4.69, 9.17) is 9.40 Å². The van der Waals surface area contributed by atoms with Crippen LogP contribution in [0.25, 0.3) is 33.3 Å². The van der Waals surface area contributed by atoms with Crippen LogP contribution in [0.1, 0.15) is 12.5 Å². The fraction of sp³-hybridized carbons (Fsp3) is 0.200. The third-order valence-electron chi connectivity index (χ3n) is 4.31. The van der Waals surface area contributed by atoms with Crippen molar-refractivity contribution >= 4 is 27.6 Å². The van der Waals surface area contributed by atoms with Gasteiger partial charge in [-0.2, -0.15) is 0 Å². The number of hydrogen-bond acceptors (Lipinski definition) is 4. The minimum Gasteiger partial charge on any atom is -0.453 e. The van der Waals surface area contributed by atoms with E-state index < -0.39 is 0 Å². The molecule has 1 aliphatic carbocycles. The first-order valence-electron chi connectivity index (χ1n) is 8.16. The minimum absolute atomic E-state index is 0.752. The Hall–Kier alpha value is -2.88. The number of aromatic nitrogens is 1. The highest BCUT2D eigenvalue weighted by molar-refractivity contribution is 6.10. The maximum Gasteiger partial charge on any atom is 0.155 e. The van der Waals surface area contributed by atoms with Crippen molar-refractivity contribution in [2.45, 2.75) is 13.8 Å². The molecule has 0 fully saturated rings. The lowest BCUT2D eigenvalue weighted by atomic mass is 10.1. The van der Waals surface area contributed by atoms with Gasteiger partial charge in [-0.15, -0.1) is 0 Å². The van der Waals surface area contributed by atoms with Gasteiger partial charge in [-0.05, 0) is 25.5 Å². The average molecular weight is 317 g/mol. The van der Waals surface area contributed by atoms with E-state index in [-0.39, 0.29) is 0 Å². The van der Waals surface area contributed by atoms with E-state index in [0.29, 0.717) is 0 Å². The second-order valence-corrected chi connectivity index (χ2v) is 5.86. The predicted molar refractivity (Wildman–Crippen MR) is 98.5 cm³/mol. The largest absolute Gasteiger partial charge is 0.453 e. The van der Waals surface area contributed by atoms with E-state index in [1.165, 1.54) is 0 Å². The molecule has 0 radical (unpaired) electrons. The fourth-order valence-corrected chi connectivity index (χ4v) is 3.15. The van der Waals surface area contributed by atoms with Crippen molar-refractivity contribution in [2.75, 3.05) is 18.9 Å². The van der Waals surface area contributed by atoms with Gasteiger partial charge in [0, 0.05) is 42.2 Å². The highest BCUT2D eigenvalue weighted by atomic mass is 16.3. The van der Waals surface area contributed by atoms with E-state index in [1.54, 1.807) is 0 Å². The molecule has 0 atom stereocenters. The van der Waals surface area contributed by atoms with Crippen molar-refractivity contribution < 1.29 is 4.42 Å². The van der Waals surface area contributed by atoms with Crippen LogP contribution < -0.4 is 10.7 Å². The number of nitrogens with zero attached hydrogens (tertiary/aromatic N) is 2. The molecule has 0 bridgehead atoms. The molecular weight excluding hydrogens is 298 g/mol. The monoisotopic (exact) mass is 317 g/mol. The molecule has 24 heavy (non-hydrogen) atoms. The Morgan fingerprint density at radius 2 is 1.92 bits per heavy atom. The van der Waals surface area contributed by atoms with Gasteiger partial charge in [0.25, 0.3) is 0 Å². The Balaban J connectivity index is 2.15. The van der Waals surface area contributed by atoms with Crippen LogP contribution in [0.5, 0.6) is 0 Å². The van der Waals surface area contributed by atoms with Crippen molar-refractivity contribution in [2.24, 2.45) is 4.99 Å². The van der Waals surface area contributed by atoms with Gasteiger partial charge < -0.3 is 9.73 Å². The van der Waals surface area contributed by atoms with Crippen LogP contribution in [0, 0.1) is 6.92 Å². The summed E-state index contributed by atoms with van der Waals surface area (Å²) in [6.45, 7) is 4.84. The van der Waals surface area contributed by atoms with Gasteiger partial charge in [0.05, 0.1) is 5.36 Å². The zero-order chi connectivity index (χ0) is 16.7. The molecule has 4 nitrogen and oxygen atoms in total. The third kappa shape index (κ3) is 2.22.